The molecule has 0 spiro atoms. The van der Waals surface area contributed by atoms with Crippen LogP contribution in [0.25, 0.3) is 0 Å². The van der Waals surface area contributed by atoms with Crippen molar-refractivity contribution in [1.29, 1.82) is 0 Å². The second kappa shape index (κ2) is 5.05. The quantitative estimate of drug-likeness (QED) is 0.585. The summed E-state index contributed by atoms with van der Waals surface area (Å²) in [6.45, 7) is 3.45. The van der Waals surface area contributed by atoms with E-state index in [-0.39, 0.29) is 18.1 Å². The number of carbonyl (C=O) groups is 1. The van der Waals surface area contributed by atoms with Gasteiger partial charge in [0.15, 0.2) is 0 Å². The summed E-state index contributed by atoms with van der Waals surface area (Å²) in [5.74, 6) is 0.298. The number of amides is 1. The van der Waals surface area contributed by atoms with Gasteiger partial charge in [-0.25, -0.2) is 0 Å². The van der Waals surface area contributed by atoms with Crippen LogP contribution in [0.4, 0.5) is 5.69 Å². The topological polar surface area (TPSA) is 58.6 Å². The van der Waals surface area contributed by atoms with Crippen molar-refractivity contribution in [2.75, 3.05) is 12.4 Å². The summed E-state index contributed by atoms with van der Waals surface area (Å²) in [5.41, 5.74) is 0.364. The third-order valence-electron chi connectivity index (χ3n) is 1.81. The first-order chi connectivity index (χ1) is 7.17. The van der Waals surface area contributed by atoms with Crippen molar-refractivity contribution in [3.63, 3.8) is 0 Å². The molecule has 0 aromatic heterocycles. The van der Waals surface area contributed by atoms with Crippen LogP contribution in [0.2, 0.25) is 0 Å². The number of ether oxygens (including phenoxy) is 1. The molecule has 4 heteroatoms. The molecule has 0 heterocycles. The molecule has 1 amide bonds. The van der Waals surface area contributed by atoms with E-state index in [1.54, 1.807) is 12.1 Å². The van der Waals surface area contributed by atoms with Crippen LogP contribution in [0, 0.1) is 0 Å². The van der Waals surface area contributed by atoms with Crippen molar-refractivity contribution in [3.05, 3.63) is 30.9 Å². The van der Waals surface area contributed by atoms with Gasteiger partial charge in [0.1, 0.15) is 11.5 Å². The summed E-state index contributed by atoms with van der Waals surface area (Å²) < 4.78 is 4.91. The van der Waals surface area contributed by atoms with Crippen LogP contribution < -0.4 is 10.1 Å². The maximum atomic E-state index is 11.2. The van der Waals surface area contributed by atoms with Gasteiger partial charge in [-0.1, -0.05) is 6.08 Å². The van der Waals surface area contributed by atoms with Gasteiger partial charge in [-0.3, -0.25) is 4.79 Å². The Morgan fingerprint density at radius 2 is 2.40 bits per heavy atom. The second-order valence-electron chi connectivity index (χ2n) is 2.92. The first-order valence-corrected chi connectivity index (χ1v) is 4.45. The fraction of sp³-hybridized carbons (Fsp3) is 0.182. The van der Waals surface area contributed by atoms with Gasteiger partial charge in [0.05, 0.1) is 12.8 Å². The van der Waals surface area contributed by atoms with Crippen LogP contribution in [-0.2, 0) is 4.79 Å². The van der Waals surface area contributed by atoms with Gasteiger partial charge in [-0.2, -0.15) is 0 Å². The third kappa shape index (κ3) is 3.02. The third-order valence-corrected chi connectivity index (χ3v) is 1.81. The lowest BCUT2D eigenvalue weighted by Gasteiger charge is -2.07. The monoisotopic (exact) mass is 207 g/mol. The van der Waals surface area contributed by atoms with Crippen molar-refractivity contribution >= 4 is 11.6 Å². The molecule has 0 saturated heterocycles. The van der Waals surface area contributed by atoms with Crippen molar-refractivity contribution in [2.24, 2.45) is 0 Å². The molecule has 0 fully saturated rings. The van der Waals surface area contributed by atoms with Crippen LogP contribution in [0.3, 0.4) is 0 Å². The van der Waals surface area contributed by atoms with Crippen LogP contribution in [-0.4, -0.2) is 18.1 Å². The van der Waals surface area contributed by atoms with Crippen LogP contribution in [0.1, 0.15) is 6.42 Å². The van der Waals surface area contributed by atoms with E-state index in [0.717, 1.165) is 0 Å². The highest BCUT2D eigenvalue weighted by molar-refractivity contribution is 5.93. The Bertz CT molecular complexity index is 374. The van der Waals surface area contributed by atoms with E-state index in [1.165, 1.54) is 19.3 Å². The van der Waals surface area contributed by atoms with Gasteiger partial charge >= 0.3 is 0 Å². The fourth-order valence-electron chi connectivity index (χ4n) is 1.08. The molecule has 0 aliphatic rings. The van der Waals surface area contributed by atoms with Crippen molar-refractivity contribution in [2.45, 2.75) is 6.42 Å². The lowest BCUT2D eigenvalue weighted by atomic mass is 10.2. The molecule has 80 valence electrons. The number of carbonyl (C=O) groups excluding carboxylic acids is 1. The van der Waals surface area contributed by atoms with Gasteiger partial charge in [0.2, 0.25) is 5.91 Å². The summed E-state index contributed by atoms with van der Waals surface area (Å²) in [7, 11) is 1.50. The summed E-state index contributed by atoms with van der Waals surface area (Å²) in [6.07, 6.45) is 1.71. The smallest absolute Gasteiger partial charge is 0.228 e. The molecule has 0 unspecified atom stereocenters. The van der Waals surface area contributed by atoms with E-state index in [4.69, 9.17) is 4.74 Å². The molecule has 1 aromatic carbocycles. The summed E-state index contributed by atoms with van der Waals surface area (Å²) in [5, 5.41) is 12.1. The van der Waals surface area contributed by atoms with Crippen molar-refractivity contribution < 1.29 is 14.6 Å². The second-order valence-corrected chi connectivity index (χ2v) is 2.92. The average Bonchev–Trinajstić information content (AvgIpc) is 2.21. The van der Waals surface area contributed by atoms with Crippen LogP contribution in [0.5, 0.6) is 11.5 Å². The van der Waals surface area contributed by atoms with Gasteiger partial charge in [0, 0.05) is 12.5 Å². The highest BCUT2D eigenvalue weighted by Crippen LogP contribution is 2.27. The number of benzene rings is 1. The summed E-state index contributed by atoms with van der Waals surface area (Å²) in [4.78, 5) is 11.2. The van der Waals surface area contributed by atoms with E-state index in [0.29, 0.717) is 11.4 Å². The van der Waals surface area contributed by atoms with Gasteiger partial charge in [-0.15, -0.1) is 6.58 Å². The maximum absolute atomic E-state index is 11.2. The molecule has 15 heavy (non-hydrogen) atoms. The summed E-state index contributed by atoms with van der Waals surface area (Å²) in [6, 6.07) is 4.67. The molecule has 1 rings (SSSR count). The molecular weight excluding hydrogens is 194 g/mol. The molecule has 0 radical (unpaired) electrons. The number of rotatable bonds is 4. The van der Waals surface area contributed by atoms with E-state index >= 15 is 0 Å². The highest BCUT2D eigenvalue weighted by atomic mass is 16.5. The number of methoxy groups -OCH3 is 1. The number of anilines is 1. The Hall–Kier alpha value is -1.97. The molecule has 1 aromatic rings. The summed E-state index contributed by atoms with van der Waals surface area (Å²) >= 11 is 0. The molecule has 0 bridgehead atoms. The standard InChI is InChI=1S/C11H13NO3/c1-3-4-11(14)12-9-6-5-8(15-2)7-10(9)13/h3,5-7,13H,1,4H2,2H3,(H,12,14). The van der Waals surface area contributed by atoms with Gasteiger partial charge in [-0.05, 0) is 12.1 Å². The molecule has 0 aliphatic carbocycles. The number of phenolic OH excluding ortho intramolecular Hbond substituents is 1. The van der Waals surface area contributed by atoms with E-state index in [9.17, 15) is 9.90 Å². The number of hydrogen-bond donors (Lipinski definition) is 2. The van der Waals surface area contributed by atoms with E-state index in [1.807, 2.05) is 0 Å². The largest absolute Gasteiger partial charge is 0.506 e. The number of hydrogen-bond acceptors (Lipinski definition) is 3. The van der Waals surface area contributed by atoms with Gasteiger partial charge in [0.25, 0.3) is 0 Å². The first-order valence-electron chi connectivity index (χ1n) is 4.45. The first kappa shape index (κ1) is 11.1. The van der Waals surface area contributed by atoms with Crippen molar-refractivity contribution in [3.8, 4) is 11.5 Å². The highest BCUT2D eigenvalue weighted by Gasteiger charge is 2.05. The predicted molar refractivity (Wildman–Crippen MR) is 58.1 cm³/mol. The zero-order chi connectivity index (χ0) is 11.3. The van der Waals surface area contributed by atoms with E-state index in [2.05, 4.69) is 11.9 Å². The Labute approximate surface area is 88.2 Å². The minimum absolute atomic E-state index is 0.0215. The predicted octanol–water partition coefficient (Wildman–Crippen LogP) is 1.92. The lowest BCUT2D eigenvalue weighted by Crippen LogP contribution is -2.09. The van der Waals surface area contributed by atoms with Crippen molar-refractivity contribution in [1.82, 2.24) is 0 Å². The van der Waals surface area contributed by atoms with Crippen LogP contribution >= 0.6 is 0 Å². The SMILES string of the molecule is C=CCC(=O)Nc1ccc(OC)cc1O. The van der Waals surface area contributed by atoms with Crippen LogP contribution in [0.15, 0.2) is 30.9 Å². The number of phenols is 1. The Kier molecular flexibility index (Phi) is 3.74. The molecule has 0 atom stereocenters. The number of nitrogens with one attached hydrogen (secondary N) is 1. The zero-order valence-electron chi connectivity index (χ0n) is 8.49. The Morgan fingerprint density at radius 3 is 2.93 bits per heavy atom. The maximum Gasteiger partial charge on any atom is 0.228 e. The molecule has 0 saturated carbocycles. The average molecular weight is 207 g/mol. The molecular formula is C11H13NO3. The molecule has 0 aliphatic heterocycles. The van der Waals surface area contributed by atoms with Gasteiger partial charge < -0.3 is 15.2 Å². The fourth-order valence-corrected chi connectivity index (χ4v) is 1.08. The minimum atomic E-state index is -0.217. The molecule has 4 nitrogen and oxygen atoms in total. The molecule has 2 N–H and O–H groups in total. The van der Waals surface area contributed by atoms with E-state index < -0.39 is 0 Å². The lowest BCUT2D eigenvalue weighted by molar-refractivity contribution is -0.115. The minimum Gasteiger partial charge on any atom is -0.506 e. The normalized spacial score (nSPS) is 9.40. The Morgan fingerprint density at radius 1 is 1.67 bits per heavy atom. The Balaban J connectivity index is 2.77. The zero-order valence-corrected chi connectivity index (χ0v) is 8.49. The number of aromatic hydroxyl groups is 1.